The maximum Gasteiger partial charge on any atom is 0.306 e. The number of rotatable bonds is 36. The summed E-state index contributed by atoms with van der Waals surface area (Å²) < 4.78 is 54.0. The highest BCUT2D eigenvalue weighted by molar-refractivity contribution is 7.85. The lowest BCUT2D eigenvalue weighted by Gasteiger charge is -2.40. The molecular weight excluding hydrogens is 729 g/mol. The third-order valence-electron chi connectivity index (χ3n) is 10.1. The van der Waals surface area contributed by atoms with Gasteiger partial charge in [0, 0.05) is 12.8 Å². The number of ether oxygens (including phenoxy) is 4. The summed E-state index contributed by atoms with van der Waals surface area (Å²) >= 11 is 0. The number of hydrogen-bond acceptors (Lipinski definition) is 11. The highest BCUT2D eigenvalue weighted by Gasteiger charge is 2.46. The molecule has 0 spiro atoms. The highest BCUT2D eigenvalue weighted by atomic mass is 32.2. The standard InChI is InChI=1S/C42H78O12S/c1-3-5-7-9-11-13-15-17-19-21-23-25-27-29-31-38(44)53-35(33-52-42-41(47)40(46)39(45)36(54-42)34-55(48,49)50)32-51-37(43)30-28-26-24-22-20-18-16-14-12-10-8-6-4-2/h14,16,35-36,39-42,45-47H,3-13,15,17-34H2,1-2H3,(H,48,49,50)/b16-14+/t35-,36-,39-,40?,41?,42+/m1/s1. The largest absolute Gasteiger partial charge is 0.462 e. The molecule has 13 heteroatoms. The zero-order valence-corrected chi connectivity index (χ0v) is 35.1. The average Bonchev–Trinajstić information content (AvgIpc) is 3.14. The van der Waals surface area contributed by atoms with Gasteiger partial charge in [0.15, 0.2) is 12.4 Å². The molecule has 6 atom stereocenters. The summed E-state index contributed by atoms with van der Waals surface area (Å²) in [5, 5.41) is 30.8. The van der Waals surface area contributed by atoms with Crippen LogP contribution in [0.25, 0.3) is 0 Å². The Morgan fingerprint density at radius 3 is 1.53 bits per heavy atom. The van der Waals surface area contributed by atoms with Crippen LogP contribution >= 0.6 is 0 Å². The van der Waals surface area contributed by atoms with Crippen LogP contribution in [0, 0.1) is 0 Å². The van der Waals surface area contributed by atoms with Crippen molar-refractivity contribution >= 4 is 22.1 Å². The maximum atomic E-state index is 12.8. The minimum absolute atomic E-state index is 0.168. The van der Waals surface area contributed by atoms with Crippen molar-refractivity contribution in [3.63, 3.8) is 0 Å². The SMILES string of the molecule is CCCCCC/C=C/CCCCCCCC(=O)OC[C@H](CO[C@H]1O[C@H](CS(=O)(=O)O)[C@@H](O)C(O)C1O)OC(=O)CCCCCCCCCCCCCCCC. The van der Waals surface area contributed by atoms with E-state index in [-0.39, 0.29) is 19.4 Å². The Labute approximate surface area is 333 Å². The van der Waals surface area contributed by atoms with E-state index in [1.165, 1.54) is 89.9 Å². The Hall–Kier alpha value is -1.61. The topological polar surface area (TPSA) is 186 Å². The van der Waals surface area contributed by atoms with Crippen molar-refractivity contribution < 1.29 is 56.8 Å². The first-order valence-electron chi connectivity index (χ1n) is 21.7. The van der Waals surface area contributed by atoms with E-state index in [1.807, 2.05) is 0 Å². The third-order valence-corrected chi connectivity index (χ3v) is 10.8. The molecule has 324 valence electrons. The van der Waals surface area contributed by atoms with Gasteiger partial charge in [0.1, 0.15) is 36.8 Å². The van der Waals surface area contributed by atoms with Crippen LogP contribution in [0.5, 0.6) is 0 Å². The molecule has 0 radical (unpaired) electrons. The summed E-state index contributed by atoms with van der Waals surface area (Å²) in [4.78, 5) is 25.3. The minimum atomic E-state index is -4.60. The van der Waals surface area contributed by atoms with Gasteiger partial charge in [0.2, 0.25) is 0 Å². The molecule has 1 rings (SSSR count). The van der Waals surface area contributed by atoms with E-state index in [0.717, 1.165) is 57.8 Å². The lowest BCUT2D eigenvalue weighted by molar-refractivity contribution is -0.297. The molecule has 4 N–H and O–H groups in total. The van der Waals surface area contributed by atoms with Gasteiger partial charge >= 0.3 is 11.9 Å². The van der Waals surface area contributed by atoms with E-state index in [4.69, 9.17) is 18.9 Å². The van der Waals surface area contributed by atoms with E-state index >= 15 is 0 Å². The first kappa shape index (κ1) is 51.4. The van der Waals surface area contributed by atoms with Gasteiger partial charge in [0.05, 0.1) is 6.61 Å². The summed E-state index contributed by atoms with van der Waals surface area (Å²) in [6, 6.07) is 0. The van der Waals surface area contributed by atoms with Crippen LogP contribution in [0.2, 0.25) is 0 Å². The quantitative estimate of drug-likeness (QED) is 0.0206. The second kappa shape index (κ2) is 33.4. The van der Waals surface area contributed by atoms with Crippen molar-refractivity contribution in [2.75, 3.05) is 19.0 Å². The van der Waals surface area contributed by atoms with Gasteiger partial charge in [-0.25, -0.2) is 0 Å². The third kappa shape index (κ3) is 28.4. The number of carbonyl (C=O) groups is 2. The highest BCUT2D eigenvalue weighted by Crippen LogP contribution is 2.24. The normalized spacial score (nSPS) is 20.9. The van der Waals surface area contributed by atoms with Crippen LogP contribution in [-0.2, 0) is 38.7 Å². The van der Waals surface area contributed by atoms with E-state index < -0.39 is 71.2 Å². The molecule has 55 heavy (non-hydrogen) atoms. The summed E-state index contributed by atoms with van der Waals surface area (Å²) in [5.74, 6) is -1.98. The molecule has 1 heterocycles. The van der Waals surface area contributed by atoms with Gasteiger partial charge in [-0.05, 0) is 38.5 Å². The molecule has 0 bridgehead atoms. The van der Waals surface area contributed by atoms with Crippen LogP contribution in [0.1, 0.15) is 187 Å². The van der Waals surface area contributed by atoms with Crippen molar-refractivity contribution in [1.29, 1.82) is 0 Å². The number of aliphatic hydroxyl groups excluding tert-OH is 3. The summed E-state index contributed by atoms with van der Waals surface area (Å²) in [7, 11) is -4.60. The monoisotopic (exact) mass is 807 g/mol. The number of unbranched alkanes of at least 4 members (excludes halogenated alkanes) is 22. The van der Waals surface area contributed by atoms with Crippen molar-refractivity contribution in [1.82, 2.24) is 0 Å². The summed E-state index contributed by atoms with van der Waals surface area (Å²) in [5.41, 5.74) is 0. The Balaban J connectivity index is 2.47. The first-order chi connectivity index (χ1) is 26.5. The van der Waals surface area contributed by atoms with Crippen molar-refractivity contribution in [2.45, 2.75) is 224 Å². The Morgan fingerprint density at radius 2 is 1.04 bits per heavy atom. The van der Waals surface area contributed by atoms with Gasteiger partial charge in [-0.1, -0.05) is 148 Å². The second-order valence-electron chi connectivity index (χ2n) is 15.4. The van der Waals surface area contributed by atoms with Gasteiger partial charge in [-0.15, -0.1) is 0 Å². The maximum absolute atomic E-state index is 12.8. The lowest BCUT2D eigenvalue weighted by Crippen LogP contribution is -2.60. The molecule has 1 aliphatic heterocycles. The average molecular weight is 807 g/mol. The van der Waals surface area contributed by atoms with E-state index in [1.54, 1.807) is 0 Å². The molecule has 0 aromatic rings. The fourth-order valence-electron chi connectivity index (χ4n) is 6.67. The Bertz CT molecular complexity index is 1080. The molecule has 1 fully saturated rings. The number of hydrogen-bond donors (Lipinski definition) is 4. The summed E-state index contributed by atoms with van der Waals surface area (Å²) in [6.07, 6.45) is 24.0. The molecular formula is C42H78O12S. The first-order valence-corrected chi connectivity index (χ1v) is 23.4. The predicted molar refractivity (Wildman–Crippen MR) is 215 cm³/mol. The Morgan fingerprint density at radius 1 is 0.600 bits per heavy atom. The molecule has 0 aliphatic carbocycles. The molecule has 12 nitrogen and oxygen atoms in total. The van der Waals surface area contributed by atoms with Crippen molar-refractivity contribution in [3.05, 3.63) is 12.2 Å². The second-order valence-corrected chi connectivity index (χ2v) is 16.9. The van der Waals surface area contributed by atoms with Gasteiger partial charge in [-0.2, -0.15) is 8.42 Å². The number of aliphatic hydroxyl groups is 3. The molecule has 2 unspecified atom stereocenters. The molecule has 0 aromatic carbocycles. The zero-order chi connectivity index (χ0) is 40.6. The minimum Gasteiger partial charge on any atom is -0.462 e. The molecule has 1 aliphatic rings. The number of allylic oxidation sites excluding steroid dienone is 2. The lowest BCUT2D eigenvalue weighted by atomic mass is 10.00. The van der Waals surface area contributed by atoms with Crippen molar-refractivity contribution in [3.8, 4) is 0 Å². The van der Waals surface area contributed by atoms with Gasteiger partial charge < -0.3 is 34.3 Å². The van der Waals surface area contributed by atoms with Gasteiger partial charge in [0.25, 0.3) is 10.1 Å². The fraction of sp³-hybridized carbons (Fsp3) is 0.905. The Kier molecular flexibility index (Phi) is 31.2. The van der Waals surface area contributed by atoms with Gasteiger partial charge in [-0.3, -0.25) is 14.1 Å². The molecule has 1 saturated heterocycles. The van der Waals surface area contributed by atoms with E-state index in [2.05, 4.69) is 26.0 Å². The predicted octanol–water partition coefficient (Wildman–Crippen LogP) is 8.28. The zero-order valence-electron chi connectivity index (χ0n) is 34.3. The van der Waals surface area contributed by atoms with E-state index in [0.29, 0.717) is 12.8 Å². The molecule has 0 aromatic heterocycles. The van der Waals surface area contributed by atoms with Crippen LogP contribution in [-0.4, -0.2) is 96.0 Å². The van der Waals surface area contributed by atoms with Crippen molar-refractivity contribution in [2.24, 2.45) is 0 Å². The smallest absolute Gasteiger partial charge is 0.306 e. The molecule has 0 amide bonds. The van der Waals surface area contributed by atoms with Crippen LogP contribution in [0.3, 0.4) is 0 Å². The van der Waals surface area contributed by atoms with Crippen LogP contribution in [0.15, 0.2) is 12.2 Å². The number of esters is 2. The van der Waals surface area contributed by atoms with Crippen LogP contribution in [0.4, 0.5) is 0 Å². The van der Waals surface area contributed by atoms with E-state index in [9.17, 15) is 37.9 Å². The van der Waals surface area contributed by atoms with Crippen LogP contribution < -0.4 is 0 Å². The molecule has 0 saturated carbocycles. The summed E-state index contributed by atoms with van der Waals surface area (Å²) in [6.45, 7) is 3.73. The number of carbonyl (C=O) groups excluding carboxylic acids is 2. The fourth-order valence-corrected chi connectivity index (χ4v) is 7.36.